The molecule has 18 heavy (non-hydrogen) atoms. The fourth-order valence-corrected chi connectivity index (χ4v) is 2.49. The normalized spacial score (nSPS) is 19.9. The van der Waals surface area contributed by atoms with Gasteiger partial charge >= 0.3 is 0 Å². The van der Waals surface area contributed by atoms with Gasteiger partial charge < -0.3 is 15.3 Å². The molecule has 1 unspecified atom stereocenters. The molecule has 100 valence electrons. The lowest BCUT2D eigenvalue weighted by molar-refractivity contribution is 0.226. The van der Waals surface area contributed by atoms with E-state index in [-0.39, 0.29) is 17.6 Å². The number of piperidine rings is 1. The molecule has 0 amide bonds. The van der Waals surface area contributed by atoms with Gasteiger partial charge in [0.1, 0.15) is 11.6 Å². The molecule has 1 aromatic carbocycles. The molecule has 1 aromatic rings. The Bertz CT molecular complexity index is 403. The third kappa shape index (κ3) is 3.21. The lowest BCUT2D eigenvalue weighted by atomic mass is 10.0. The second-order valence-corrected chi connectivity index (χ2v) is 5.17. The maximum atomic E-state index is 13.7. The van der Waals surface area contributed by atoms with Crippen molar-refractivity contribution in [2.24, 2.45) is 0 Å². The van der Waals surface area contributed by atoms with Gasteiger partial charge in [0.2, 0.25) is 0 Å². The zero-order valence-electron chi connectivity index (χ0n) is 11.0. The second kappa shape index (κ2) is 5.67. The van der Waals surface area contributed by atoms with E-state index in [1.54, 1.807) is 6.07 Å². The van der Waals surface area contributed by atoms with Gasteiger partial charge in [-0.1, -0.05) is 6.07 Å². The van der Waals surface area contributed by atoms with Crippen molar-refractivity contribution in [3.8, 4) is 5.75 Å². The van der Waals surface area contributed by atoms with Gasteiger partial charge in [0.15, 0.2) is 0 Å². The van der Waals surface area contributed by atoms with E-state index in [4.69, 9.17) is 0 Å². The second-order valence-electron chi connectivity index (χ2n) is 5.17. The number of phenolic OH excluding ortho intramolecular Hbond substituents is 1. The molecule has 3 nitrogen and oxygen atoms in total. The van der Waals surface area contributed by atoms with Gasteiger partial charge in [0.25, 0.3) is 0 Å². The molecule has 4 heteroatoms. The fraction of sp³-hybridized carbons (Fsp3) is 0.571. The number of phenols is 1. The molecule has 1 atom stereocenters. The highest BCUT2D eigenvalue weighted by Crippen LogP contribution is 2.22. The molecule has 1 heterocycles. The lowest BCUT2D eigenvalue weighted by Crippen LogP contribution is -2.41. The van der Waals surface area contributed by atoms with Crippen LogP contribution in [-0.4, -0.2) is 36.2 Å². The van der Waals surface area contributed by atoms with Crippen molar-refractivity contribution >= 4 is 0 Å². The molecule has 0 aliphatic carbocycles. The Morgan fingerprint density at radius 2 is 2.06 bits per heavy atom. The fourth-order valence-electron chi connectivity index (χ4n) is 2.49. The van der Waals surface area contributed by atoms with Crippen molar-refractivity contribution in [1.29, 1.82) is 0 Å². The Kier molecular flexibility index (Phi) is 4.19. The number of hydrogen-bond donors (Lipinski definition) is 2. The molecule has 0 radical (unpaired) electrons. The van der Waals surface area contributed by atoms with E-state index in [1.165, 1.54) is 12.1 Å². The van der Waals surface area contributed by atoms with Gasteiger partial charge in [-0.3, -0.25) is 0 Å². The minimum Gasteiger partial charge on any atom is -0.508 e. The number of likely N-dealkylation sites (tertiary alicyclic amines) is 1. The molecule has 2 rings (SSSR count). The van der Waals surface area contributed by atoms with Crippen LogP contribution < -0.4 is 5.32 Å². The van der Waals surface area contributed by atoms with Crippen molar-refractivity contribution in [2.75, 3.05) is 20.1 Å². The molecule has 0 spiro atoms. The van der Waals surface area contributed by atoms with E-state index in [1.807, 2.05) is 6.92 Å². The lowest BCUT2D eigenvalue weighted by Gasteiger charge is -2.31. The van der Waals surface area contributed by atoms with Crippen LogP contribution in [0.5, 0.6) is 5.75 Å². The number of rotatable bonds is 3. The zero-order chi connectivity index (χ0) is 13.1. The van der Waals surface area contributed by atoms with Crippen LogP contribution in [0.4, 0.5) is 4.39 Å². The Balaban J connectivity index is 1.97. The predicted octanol–water partition coefficient (Wildman–Crippen LogP) is 2.28. The number of hydrogen-bond acceptors (Lipinski definition) is 3. The average Bonchev–Trinajstić information content (AvgIpc) is 2.32. The van der Waals surface area contributed by atoms with Gasteiger partial charge in [-0.15, -0.1) is 0 Å². The summed E-state index contributed by atoms with van der Waals surface area (Å²) in [5.74, 6) is -0.370. The summed E-state index contributed by atoms with van der Waals surface area (Å²) in [5, 5.41) is 12.7. The van der Waals surface area contributed by atoms with Crippen molar-refractivity contribution in [3.05, 3.63) is 29.6 Å². The number of nitrogens with one attached hydrogen (secondary N) is 1. The number of benzene rings is 1. The van der Waals surface area contributed by atoms with Crippen LogP contribution in [0.15, 0.2) is 18.2 Å². The van der Waals surface area contributed by atoms with Crippen LogP contribution in [0, 0.1) is 5.82 Å². The Morgan fingerprint density at radius 3 is 2.67 bits per heavy atom. The first kappa shape index (κ1) is 13.3. The Labute approximate surface area is 108 Å². The first-order chi connectivity index (χ1) is 8.56. The van der Waals surface area contributed by atoms with Crippen LogP contribution in [0.1, 0.15) is 31.4 Å². The minimum absolute atomic E-state index is 0.0252. The molecule has 1 fully saturated rings. The molecule has 0 bridgehead atoms. The number of nitrogens with zero attached hydrogens (tertiary/aromatic N) is 1. The first-order valence-electron chi connectivity index (χ1n) is 6.49. The maximum Gasteiger partial charge on any atom is 0.131 e. The monoisotopic (exact) mass is 252 g/mol. The van der Waals surface area contributed by atoms with E-state index in [0.717, 1.165) is 25.9 Å². The third-order valence-corrected chi connectivity index (χ3v) is 3.65. The zero-order valence-corrected chi connectivity index (χ0v) is 11.0. The summed E-state index contributed by atoms with van der Waals surface area (Å²) in [5.41, 5.74) is 0.617. The van der Waals surface area contributed by atoms with Gasteiger partial charge in [-0.2, -0.15) is 0 Å². The number of halogens is 1. The summed E-state index contributed by atoms with van der Waals surface area (Å²) in [7, 11) is 2.12. The van der Waals surface area contributed by atoms with E-state index in [0.29, 0.717) is 11.6 Å². The largest absolute Gasteiger partial charge is 0.508 e. The van der Waals surface area contributed by atoms with Gasteiger partial charge in [-0.25, -0.2) is 4.39 Å². The molecule has 2 N–H and O–H groups in total. The van der Waals surface area contributed by atoms with Gasteiger partial charge in [0, 0.05) is 23.7 Å². The third-order valence-electron chi connectivity index (χ3n) is 3.65. The quantitative estimate of drug-likeness (QED) is 0.866. The van der Waals surface area contributed by atoms with Crippen molar-refractivity contribution in [3.63, 3.8) is 0 Å². The summed E-state index contributed by atoms with van der Waals surface area (Å²) in [6.45, 7) is 4.14. The van der Waals surface area contributed by atoms with Crippen LogP contribution >= 0.6 is 0 Å². The molecule has 0 saturated carbocycles. The first-order valence-corrected chi connectivity index (χ1v) is 6.49. The molecule has 0 aromatic heterocycles. The molecule has 1 aliphatic heterocycles. The average molecular weight is 252 g/mol. The minimum atomic E-state index is -0.345. The highest BCUT2D eigenvalue weighted by Gasteiger charge is 2.20. The molecular formula is C14H21FN2O. The summed E-state index contributed by atoms with van der Waals surface area (Å²) in [6.07, 6.45) is 2.20. The van der Waals surface area contributed by atoms with E-state index in [9.17, 15) is 9.50 Å². The maximum absolute atomic E-state index is 13.7. The molecular weight excluding hydrogens is 231 g/mol. The van der Waals surface area contributed by atoms with E-state index < -0.39 is 0 Å². The van der Waals surface area contributed by atoms with Crippen LogP contribution in [0.2, 0.25) is 0 Å². The smallest absolute Gasteiger partial charge is 0.131 e. The molecule has 1 saturated heterocycles. The highest BCUT2D eigenvalue weighted by atomic mass is 19.1. The van der Waals surface area contributed by atoms with Crippen LogP contribution in [-0.2, 0) is 0 Å². The summed E-state index contributed by atoms with van der Waals surface area (Å²) >= 11 is 0. The SMILES string of the molecule is CC(NC1CCN(C)CC1)c1ccc(O)cc1F. The summed E-state index contributed by atoms with van der Waals surface area (Å²) in [6, 6.07) is 4.77. The predicted molar refractivity (Wildman–Crippen MR) is 70.1 cm³/mol. The Morgan fingerprint density at radius 1 is 1.39 bits per heavy atom. The molecule has 1 aliphatic rings. The van der Waals surface area contributed by atoms with Crippen molar-refractivity contribution in [1.82, 2.24) is 10.2 Å². The van der Waals surface area contributed by atoms with Crippen LogP contribution in [0.25, 0.3) is 0 Å². The number of aromatic hydroxyl groups is 1. The summed E-state index contributed by atoms with van der Waals surface area (Å²) < 4.78 is 13.7. The van der Waals surface area contributed by atoms with E-state index in [2.05, 4.69) is 17.3 Å². The van der Waals surface area contributed by atoms with E-state index >= 15 is 0 Å². The standard InChI is InChI=1S/C14H21FN2O/c1-10(13-4-3-12(18)9-14(13)15)16-11-5-7-17(2)8-6-11/h3-4,9-11,16,18H,5-8H2,1-2H3. The van der Waals surface area contributed by atoms with Gasteiger partial charge in [-0.05, 0) is 46.0 Å². The summed E-state index contributed by atoms with van der Waals surface area (Å²) in [4.78, 5) is 2.31. The topological polar surface area (TPSA) is 35.5 Å². The van der Waals surface area contributed by atoms with Gasteiger partial charge in [0.05, 0.1) is 0 Å². The highest BCUT2D eigenvalue weighted by molar-refractivity contribution is 5.29. The Hall–Kier alpha value is -1.13. The van der Waals surface area contributed by atoms with Crippen molar-refractivity contribution in [2.45, 2.75) is 31.8 Å². The van der Waals surface area contributed by atoms with Crippen molar-refractivity contribution < 1.29 is 9.50 Å². The van der Waals surface area contributed by atoms with Crippen LogP contribution in [0.3, 0.4) is 0 Å².